The molecule has 0 atom stereocenters. The van der Waals surface area contributed by atoms with Crippen LogP contribution in [0.4, 0.5) is 5.69 Å². The molecule has 1 aliphatic carbocycles. The molecule has 2 N–H and O–H groups in total. The van der Waals surface area contributed by atoms with Crippen molar-refractivity contribution in [2.45, 2.75) is 38.6 Å². The molecule has 1 saturated carbocycles. The molecule has 1 aromatic carbocycles. The van der Waals surface area contributed by atoms with Gasteiger partial charge in [0.1, 0.15) is 0 Å². The average Bonchev–Trinajstić information content (AvgIpc) is 2.84. The Morgan fingerprint density at radius 3 is 2.78 bits per heavy atom. The molecule has 18 heavy (non-hydrogen) atoms. The number of benzene rings is 1. The zero-order valence-corrected chi connectivity index (χ0v) is 12.2. The quantitative estimate of drug-likeness (QED) is 0.896. The molecule has 1 fully saturated rings. The van der Waals surface area contributed by atoms with Crippen molar-refractivity contribution >= 4 is 27.5 Å². The zero-order valence-electron chi connectivity index (χ0n) is 10.6. The standard InChI is InChI=1S/C14H19BrN2O/c1-10-6-7-12(8-13(10)15)17-14(18)9-16-11-4-2-3-5-11/h6-8,11,16H,2-5,9H2,1H3,(H,17,18). The third-order valence-electron chi connectivity index (χ3n) is 3.36. The summed E-state index contributed by atoms with van der Waals surface area (Å²) < 4.78 is 1.02. The molecule has 0 bridgehead atoms. The van der Waals surface area contributed by atoms with Crippen molar-refractivity contribution in [3.63, 3.8) is 0 Å². The predicted octanol–water partition coefficient (Wildman–Crippen LogP) is 3.23. The Hall–Kier alpha value is -0.870. The van der Waals surface area contributed by atoms with E-state index < -0.39 is 0 Å². The largest absolute Gasteiger partial charge is 0.325 e. The van der Waals surface area contributed by atoms with Crippen molar-refractivity contribution in [2.75, 3.05) is 11.9 Å². The summed E-state index contributed by atoms with van der Waals surface area (Å²) in [5.74, 6) is 0.0256. The fraction of sp³-hybridized carbons (Fsp3) is 0.500. The summed E-state index contributed by atoms with van der Waals surface area (Å²) in [6.45, 7) is 2.42. The van der Waals surface area contributed by atoms with Crippen LogP contribution in [0.5, 0.6) is 0 Å². The number of rotatable bonds is 4. The topological polar surface area (TPSA) is 41.1 Å². The Labute approximate surface area is 116 Å². The molecule has 1 aromatic rings. The second-order valence-corrected chi connectivity index (χ2v) is 5.73. The highest BCUT2D eigenvalue weighted by Crippen LogP contribution is 2.20. The van der Waals surface area contributed by atoms with Crippen LogP contribution in [-0.2, 0) is 4.79 Å². The fourth-order valence-electron chi connectivity index (χ4n) is 2.24. The normalized spacial score (nSPS) is 15.9. The van der Waals surface area contributed by atoms with Crippen molar-refractivity contribution in [3.05, 3.63) is 28.2 Å². The molecule has 0 aliphatic heterocycles. The summed E-state index contributed by atoms with van der Waals surface area (Å²) in [4.78, 5) is 11.8. The van der Waals surface area contributed by atoms with E-state index in [1.165, 1.54) is 25.7 Å². The molecule has 0 spiro atoms. The van der Waals surface area contributed by atoms with Crippen LogP contribution in [0.2, 0.25) is 0 Å². The van der Waals surface area contributed by atoms with Crippen LogP contribution in [0.3, 0.4) is 0 Å². The minimum absolute atomic E-state index is 0.0256. The summed E-state index contributed by atoms with van der Waals surface area (Å²) in [5.41, 5.74) is 2.00. The van der Waals surface area contributed by atoms with Crippen LogP contribution in [0.15, 0.2) is 22.7 Å². The summed E-state index contributed by atoms with van der Waals surface area (Å²) in [7, 11) is 0. The summed E-state index contributed by atoms with van der Waals surface area (Å²) >= 11 is 3.46. The third kappa shape index (κ3) is 3.82. The molecule has 0 radical (unpaired) electrons. The molecule has 0 aromatic heterocycles. The van der Waals surface area contributed by atoms with Gasteiger partial charge in [-0.05, 0) is 37.5 Å². The van der Waals surface area contributed by atoms with Crippen LogP contribution < -0.4 is 10.6 Å². The summed E-state index contributed by atoms with van der Waals surface area (Å²) in [6.07, 6.45) is 4.96. The van der Waals surface area contributed by atoms with Gasteiger partial charge >= 0.3 is 0 Å². The molecule has 2 rings (SSSR count). The minimum Gasteiger partial charge on any atom is -0.325 e. The lowest BCUT2D eigenvalue weighted by Gasteiger charge is -2.12. The van der Waals surface area contributed by atoms with Gasteiger partial charge in [-0.2, -0.15) is 0 Å². The third-order valence-corrected chi connectivity index (χ3v) is 4.22. The van der Waals surface area contributed by atoms with Gasteiger partial charge in [-0.25, -0.2) is 0 Å². The van der Waals surface area contributed by atoms with Crippen molar-refractivity contribution in [3.8, 4) is 0 Å². The van der Waals surface area contributed by atoms with E-state index in [-0.39, 0.29) is 5.91 Å². The van der Waals surface area contributed by atoms with E-state index in [4.69, 9.17) is 0 Å². The number of carbonyl (C=O) groups excluding carboxylic acids is 1. The summed E-state index contributed by atoms with van der Waals surface area (Å²) in [5, 5.41) is 6.21. The molecular formula is C14H19BrN2O. The number of hydrogen-bond donors (Lipinski definition) is 2. The van der Waals surface area contributed by atoms with Crippen molar-refractivity contribution in [1.82, 2.24) is 5.32 Å². The maximum Gasteiger partial charge on any atom is 0.238 e. The smallest absolute Gasteiger partial charge is 0.238 e. The SMILES string of the molecule is Cc1ccc(NC(=O)CNC2CCCC2)cc1Br. The molecule has 0 saturated heterocycles. The number of aryl methyl sites for hydroxylation is 1. The number of nitrogens with one attached hydrogen (secondary N) is 2. The second-order valence-electron chi connectivity index (χ2n) is 4.87. The fourth-order valence-corrected chi connectivity index (χ4v) is 2.62. The van der Waals surface area contributed by atoms with Gasteiger partial charge < -0.3 is 10.6 Å². The van der Waals surface area contributed by atoms with E-state index in [9.17, 15) is 4.79 Å². The second kappa shape index (κ2) is 6.34. The first kappa shape index (κ1) is 13.6. The minimum atomic E-state index is 0.0256. The zero-order chi connectivity index (χ0) is 13.0. The van der Waals surface area contributed by atoms with E-state index in [1.807, 2.05) is 25.1 Å². The number of anilines is 1. The van der Waals surface area contributed by atoms with Gasteiger partial charge in [0.2, 0.25) is 5.91 Å². The average molecular weight is 311 g/mol. The van der Waals surface area contributed by atoms with E-state index in [1.54, 1.807) is 0 Å². The van der Waals surface area contributed by atoms with E-state index in [0.717, 1.165) is 15.7 Å². The number of amides is 1. The highest BCUT2D eigenvalue weighted by molar-refractivity contribution is 9.10. The lowest BCUT2D eigenvalue weighted by molar-refractivity contribution is -0.115. The molecule has 1 amide bonds. The first-order valence-electron chi connectivity index (χ1n) is 6.44. The van der Waals surface area contributed by atoms with Crippen molar-refractivity contribution in [2.24, 2.45) is 0 Å². The van der Waals surface area contributed by atoms with E-state index in [2.05, 4.69) is 26.6 Å². The van der Waals surface area contributed by atoms with Gasteiger partial charge in [-0.3, -0.25) is 4.79 Å². The first-order chi connectivity index (χ1) is 8.65. The Kier molecular flexibility index (Phi) is 4.78. The Morgan fingerprint density at radius 1 is 1.39 bits per heavy atom. The maximum atomic E-state index is 11.8. The molecule has 0 unspecified atom stereocenters. The molecule has 4 heteroatoms. The Balaban J connectivity index is 1.80. The lowest BCUT2D eigenvalue weighted by Crippen LogP contribution is -2.34. The van der Waals surface area contributed by atoms with Gasteiger partial charge in [0.15, 0.2) is 0 Å². The predicted molar refractivity (Wildman–Crippen MR) is 77.8 cm³/mol. The molecular weight excluding hydrogens is 292 g/mol. The van der Waals surface area contributed by atoms with Gasteiger partial charge in [0.25, 0.3) is 0 Å². The number of hydrogen-bond acceptors (Lipinski definition) is 2. The maximum absolute atomic E-state index is 11.8. The molecule has 98 valence electrons. The van der Waals surface area contributed by atoms with Gasteiger partial charge in [-0.1, -0.05) is 34.8 Å². The van der Waals surface area contributed by atoms with E-state index >= 15 is 0 Å². The van der Waals surface area contributed by atoms with E-state index in [0.29, 0.717) is 12.6 Å². The van der Waals surface area contributed by atoms with Gasteiger partial charge in [0.05, 0.1) is 6.54 Å². The highest BCUT2D eigenvalue weighted by Gasteiger charge is 2.15. The first-order valence-corrected chi connectivity index (χ1v) is 7.24. The summed E-state index contributed by atoms with van der Waals surface area (Å²) in [6, 6.07) is 6.38. The number of carbonyl (C=O) groups is 1. The Morgan fingerprint density at radius 2 is 2.11 bits per heavy atom. The van der Waals surface area contributed by atoms with Gasteiger partial charge in [-0.15, -0.1) is 0 Å². The molecule has 3 nitrogen and oxygen atoms in total. The van der Waals surface area contributed by atoms with Crippen molar-refractivity contribution < 1.29 is 4.79 Å². The monoisotopic (exact) mass is 310 g/mol. The molecule has 1 aliphatic rings. The van der Waals surface area contributed by atoms with Crippen LogP contribution in [0.25, 0.3) is 0 Å². The lowest BCUT2D eigenvalue weighted by atomic mass is 10.2. The Bertz CT molecular complexity index is 428. The van der Waals surface area contributed by atoms with Crippen LogP contribution in [-0.4, -0.2) is 18.5 Å². The van der Waals surface area contributed by atoms with Crippen molar-refractivity contribution in [1.29, 1.82) is 0 Å². The van der Waals surface area contributed by atoms with Crippen LogP contribution in [0.1, 0.15) is 31.2 Å². The van der Waals surface area contributed by atoms with Gasteiger partial charge in [0, 0.05) is 16.2 Å². The number of halogens is 1. The van der Waals surface area contributed by atoms with Crippen LogP contribution >= 0.6 is 15.9 Å². The highest BCUT2D eigenvalue weighted by atomic mass is 79.9. The van der Waals surface area contributed by atoms with Crippen LogP contribution in [0, 0.1) is 6.92 Å². The molecule has 0 heterocycles.